The Morgan fingerprint density at radius 2 is 1.61 bits per heavy atom. The average molecular weight is 1190 g/mol. The second-order valence-corrected chi connectivity index (χ2v) is 27.9. The highest BCUT2D eigenvalue weighted by atomic mass is 32.2. The number of nitrogens with one attached hydrogen (secondary N) is 2. The zero-order valence-corrected chi connectivity index (χ0v) is 51.2. The number of rotatable bonds is 24. The maximum Gasteiger partial charge on any atom is 0.415 e. The lowest BCUT2D eigenvalue weighted by Crippen LogP contribution is -2.54. The van der Waals surface area contributed by atoms with E-state index < -0.39 is 35.5 Å². The third kappa shape index (κ3) is 14.0. The number of thioether (sulfide) groups is 1. The van der Waals surface area contributed by atoms with Crippen LogP contribution >= 0.6 is 23.1 Å². The molecule has 0 radical (unpaired) electrons. The molecule has 18 nitrogen and oxygen atoms in total. The number of carbonyl (C=O) groups is 6. The van der Waals surface area contributed by atoms with Gasteiger partial charge in [-0.3, -0.25) is 19.4 Å². The molecule has 2 heterocycles. The molecule has 11 unspecified atom stereocenters. The first-order valence-corrected chi connectivity index (χ1v) is 31.8. The summed E-state index contributed by atoms with van der Waals surface area (Å²) in [4.78, 5) is 89.8. The number of nitrogens with zero attached hydrogens (tertiary/aromatic N) is 4. The van der Waals surface area contributed by atoms with Gasteiger partial charge >= 0.3 is 18.0 Å². The maximum atomic E-state index is 14.0. The van der Waals surface area contributed by atoms with E-state index in [4.69, 9.17) is 4.74 Å². The molecular weight excluding hydrogens is 1100 g/mol. The van der Waals surface area contributed by atoms with Crippen molar-refractivity contribution in [3.8, 4) is 17.2 Å². The number of carbonyl (C=O) groups excluding carboxylic acids is 4. The monoisotopic (exact) mass is 1180 g/mol. The van der Waals surface area contributed by atoms with Crippen LogP contribution in [-0.2, 0) is 29.4 Å². The number of phenols is 2. The van der Waals surface area contributed by atoms with Crippen LogP contribution in [0.5, 0.6) is 17.2 Å². The van der Waals surface area contributed by atoms with Crippen molar-refractivity contribution >= 4 is 87.3 Å². The minimum atomic E-state index is -1.09. The van der Waals surface area contributed by atoms with Gasteiger partial charge in [0.05, 0.1) is 16.3 Å². The standard InChI is InChI=1S/C63H88N6O12S2/c1-35(43-19-20-44-42-18-16-39-31-40(70)23-25-62(39,7)45(42)24-26-63(43,44)8)15-22-51(72)65-47(58(76)77)13-10-11-27-64-50(71)14-12-28-69(30-29-68(9)52(73)33-61(5,6)53-38(4)54(74)36(2)37(3)55(53)75)60(80)81-41-17-21-46-49(32-41)83-57(66-46)56-67-48(34-82-56)59(78)79/h17,21,32,35,39-40,42-45,47-48,70,74-75H,3-4,10-16,18-20,22-31,33-34H2,1-2,5-9H3,(H,64,71)(H,65,72)(H,76,77)(H,78,79). The van der Waals surface area contributed by atoms with E-state index in [1.54, 1.807) is 46.0 Å². The number of aliphatic hydroxyl groups excluding tert-OH is 1. The molecule has 1 aliphatic heterocycles. The van der Waals surface area contributed by atoms with Crippen molar-refractivity contribution in [2.24, 2.45) is 51.3 Å². The van der Waals surface area contributed by atoms with E-state index in [0.29, 0.717) is 85.5 Å². The Bertz CT molecular complexity index is 3080. The van der Waals surface area contributed by atoms with E-state index in [-0.39, 0.29) is 115 Å². The Hall–Kier alpha value is -5.73. The van der Waals surface area contributed by atoms with E-state index in [2.05, 4.69) is 54.5 Å². The molecule has 3 aromatic rings. The number of aromatic nitrogens is 1. The number of benzene rings is 2. The molecule has 1 aromatic heterocycles. The lowest BCUT2D eigenvalue weighted by molar-refractivity contribution is -0.142. The number of fused-ring (bicyclic) bond motifs is 6. The first-order valence-electron chi connectivity index (χ1n) is 30.0. The van der Waals surface area contributed by atoms with Gasteiger partial charge in [0.25, 0.3) is 0 Å². The van der Waals surface area contributed by atoms with Crippen molar-refractivity contribution in [2.75, 3.05) is 39.0 Å². The molecule has 11 atom stereocenters. The molecular formula is C63H88N6O12S2. The van der Waals surface area contributed by atoms with Gasteiger partial charge in [0.15, 0.2) is 6.04 Å². The number of amides is 4. The summed E-state index contributed by atoms with van der Waals surface area (Å²) < 4.78 is 6.57. The van der Waals surface area contributed by atoms with E-state index in [0.717, 1.165) is 31.1 Å². The number of aliphatic carboxylic acids is 2. The number of aliphatic imine (C=N–C) groups is 1. The lowest BCUT2D eigenvalue weighted by Gasteiger charge is -2.61. The van der Waals surface area contributed by atoms with Crippen LogP contribution in [0.1, 0.15) is 160 Å². The summed E-state index contributed by atoms with van der Waals surface area (Å²) in [6.45, 7) is 20.8. The van der Waals surface area contributed by atoms with E-state index in [1.807, 2.05) is 0 Å². The van der Waals surface area contributed by atoms with Gasteiger partial charge in [0.1, 0.15) is 33.3 Å². The zero-order chi connectivity index (χ0) is 60.3. The summed E-state index contributed by atoms with van der Waals surface area (Å²) in [5.41, 5.74) is 0.922. The Kier molecular flexibility index (Phi) is 20.0. The van der Waals surface area contributed by atoms with Crippen LogP contribution in [0.4, 0.5) is 4.79 Å². The highest BCUT2D eigenvalue weighted by Crippen LogP contribution is 2.68. The first kappa shape index (κ1) is 63.3. The fourth-order valence-electron chi connectivity index (χ4n) is 15.3. The summed E-state index contributed by atoms with van der Waals surface area (Å²) in [6, 6.07) is 3.07. The fraction of sp³-hybridized carbons (Fsp3) is 0.651. The third-order valence-corrected chi connectivity index (χ3v) is 22.4. The quantitative estimate of drug-likeness (QED) is 0.0328. The van der Waals surface area contributed by atoms with Crippen molar-refractivity contribution < 1.29 is 59.0 Å². The van der Waals surface area contributed by atoms with Crippen LogP contribution in [0.25, 0.3) is 23.4 Å². The normalized spacial score (nSPS) is 26.4. The molecule has 0 saturated heterocycles. The molecule has 454 valence electrons. The molecule has 0 spiro atoms. The highest BCUT2D eigenvalue weighted by Gasteiger charge is 2.60. The summed E-state index contributed by atoms with van der Waals surface area (Å²) in [6.07, 6.45) is 11.9. The summed E-state index contributed by atoms with van der Waals surface area (Å²) in [5, 5.41) is 59.0. The van der Waals surface area contributed by atoms with Crippen LogP contribution in [0.3, 0.4) is 0 Å². The van der Waals surface area contributed by atoms with Gasteiger partial charge < -0.3 is 50.7 Å². The molecule has 4 saturated carbocycles. The zero-order valence-electron chi connectivity index (χ0n) is 49.6. The second kappa shape index (κ2) is 26.3. The van der Waals surface area contributed by atoms with Crippen LogP contribution in [0.2, 0.25) is 0 Å². The number of hydrogen-bond donors (Lipinski definition) is 7. The van der Waals surface area contributed by atoms with Crippen molar-refractivity contribution in [1.82, 2.24) is 25.4 Å². The Labute approximate surface area is 496 Å². The molecule has 7 N–H and O–H groups in total. The van der Waals surface area contributed by atoms with Gasteiger partial charge in [0, 0.05) is 91.3 Å². The van der Waals surface area contributed by atoms with Gasteiger partial charge in [-0.05, 0) is 155 Å². The van der Waals surface area contributed by atoms with Crippen LogP contribution in [0.15, 0.2) is 23.2 Å². The number of phenolic OH excluding ortho intramolecular Hbond substituents is 2. The Balaban J connectivity index is 0.798. The predicted molar refractivity (Wildman–Crippen MR) is 323 cm³/mol. The summed E-state index contributed by atoms with van der Waals surface area (Å²) in [5.74, 6) is 1.03. The highest BCUT2D eigenvalue weighted by molar-refractivity contribution is 8.15. The molecule has 83 heavy (non-hydrogen) atoms. The molecule has 4 fully saturated rings. The molecule has 2 aromatic carbocycles. The summed E-state index contributed by atoms with van der Waals surface area (Å²) in [7, 11) is 1.60. The first-order chi connectivity index (χ1) is 39.2. The van der Waals surface area contributed by atoms with Crippen LogP contribution in [-0.4, -0.2) is 138 Å². The van der Waals surface area contributed by atoms with Gasteiger partial charge in [-0.15, -0.1) is 23.1 Å². The Morgan fingerprint density at radius 3 is 2.34 bits per heavy atom. The topological polar surface area (TPSA) is 269 Å². The largest absolute Gasteiger partial charge is 0.507 e. The number of carboxylic acid groups (broad SMARTS) is 2. The number of carboxylic acids is 2. The second-order valence-electron chi connectivity index (χ2n) is 25.9. The number of thiazole rings is 1. The van der Waals surface area contributed by atoms with Crippen LogP contribution in [0, 0.1) is 53.3 Å². The fourth-order valence-corrected chi connectivity index (χ4v) is 17.4. The molecule has 0 bridgehead atoms. The molecule has 5 aliphatic rings. The average Bonchev–Trinajstić information content (AvgIpc) is 2.08. The minimum absolute atomic E-state index is 0.0351. The van der Waals surface area contributed by atoms with Gasteiger partial charge in [0.2, 0.25) is 17.7 Å². The van der Waals surface area contributed by atoms with Crippen molar-refractivity contribution in [1.29, 1.82) is 0 Å². The van der Waals surface area contributed by atoms with Gasteiger partial charge in [-0.1, -0.05) is 47.8 Å². The smallest absolute Gasteiger partial charge is 0.415 e. The summed E-state index contributed by atoms with van der Waals surface area (Å²) >= 11 is 2.61. The van der Waals surface area contributed by atoms with E-state index >= 15 is 0 Å². The minimum Gasteiger partial charge on any atom is -0.507 e. The number of aromatic hydroxyl groups is 2. The predicted octanol–water partition coefficient (Wildman–Crippen LogP) is 8.48. The van der Waals surface area contributed by atoms with Crippen LogP contribution < -0.4 is 25.8 Å². The van der Waals surface area contributed by atoms with E-state index in [9.17, 15) is 54.3 Å². The molecule has 20 heteroatoms. The number of unbranched alkanes of at least 4 members (excludes halogenated alkanes) is 1. The molecule has 8 rings (SSSR count). The number of ether oxygens (including phenoxy) is 1. The van der Waals surface area contributed by atoms with Crippen molar-refractivity contribution in [3.05, 3.63) is 44.8 Å². The van der Waals surface area contributed by atoms with Gasteiger partial charge in [-0.25, -0.2) is 19.4 Å². The number of hydrogen-bond acceptors (Lipinski definition) is 14. The molecule has 4 aliphatic carbocycles. The number of aliphatic hydroxyl groups is 1. The third-order valence-electron chi connectivity index (χ3n) is 20.2. The van der Waals surface area contributed by atoms with E-state index in [1.165, 1.54) is 71.4 Å². The Morgan fingerprint density at radius 1 is 0.880 bits per heavy atom. The maximum absolute atomic E-state index is 14.0. The SMILES string of the molecule is C=c1c(C)c(O)c(=C)c(C(C)(C)CC(=O)N(C)CCN(CCCC(=O)NCCCCC(NC(=O)CCC(C)C2CCC3C4CCC5CC(O)CCC5(C)C4CCC23C)C(=O)O)C(=O)Oc2ccc3nc(C4=NC(C(=O)O)CS4)sc3c2)c1O. The number of likely N-dealkylation sites (N-methyl/N-ethyl adjacent to an activating group) is 1. The lowest BCUT2D eigenvalue weighted by atomic mass is 9.44. The van der Waals surface area contributed by atoms with Crippen molar-refractivity contribution in [2.45, 2.75) is 174 Å². The molecule has 4 amide bonds. The van der Waals surface area contributed by atoms with Crippen molar-refractivity contribution in [3.63, 3.8) is 0 Å². The van der Waals surface area contributed by atoms with Gasteiger partial charge in [-0.2, -0.15) is 0 Å².